The van der Waals surface area contributed by atoms with E-state index in [0.717, 1.165) is 0 Å². The summed E-state index contributed by atoms with van der Waals surface area (Å²) in [6, 6.07) is 0. The second kappa shape index (κ2) is 5.90. The van der Waals surface area contributed by atoms with Crippen molar-refractivity contribution in [2.75, 3.05) is 25.9 Å². The zero-order valence-electron chi connectivity index (χ0n) is 7.41. The average Bonchev–Trinajstić information content (AvgIpc) is 1.95. The van der Waals surface area contributed by atoms with Crippen molar-refractivity contribution >= 4 is 16.0 Å². The van der Waals surface area contributed by atoms with Gasteiger partial charge in [0.2, 0.25) is 10.0 Å². The number of hydrogen-bond acceptors (Lipinski definition) is 4. The normalized spacial score (nSPS) is 11.5. The number of carboxylic acids is 1. The first-order chi connectivity index (χ1) is 5.98. The van der Waals surface area contributed by atoms with Crippen LogP contribution in [0, 0.1) is 0 Å². The van der Waals surface area contributed by atoms with Crippen LogP contribution < -0.4 is 10.0 Å². The van der Waals surface area contributed by atoms with Crippen LogP contribution in [0.4, 0.5) is 0 Å². The monoisotopic (exact) mass is 210 g/mol. The van der Waals surface area contributed by atoms with Gasteiger partial charge in [-0.3, -0.25) is 4.79 Å². The molecule has 0 radical (unpaired) electrons. The Kier molecular flexibility index (Phi) is 5.60. The Morgan fingerprint density at radius 1 is 1.38 bits per heavy atom. The van der Waals surface area contributed by atoms with Crippen LogP contribution in [0.1, 0.15) is 6.42 Å². The maximum Gasteiger partial charge on any atom is 0.320 e. The van der Waals surface area contributed by atoms with Crippen molar-refractivity contribution in [3.05, 3.63) is 0 Å². The molecule has 0 aromatic carbocycles. The predicted octanol–water partition coefficient (Wildman–Crippen LogP) is -1.40. The van der Waals surface area contributed by atoms with Crippen LogP contribution in [0.25, 0.3) is 0 Å². The lowest BCUT2D eigenvalue weighted by atomic mass is 10.4. The van der Waals surface area contributed by atoms with Crippen LogP contribution in [0.2, 0.25) is 0 Å². The van der Waals surface area contributed by atoms with Gasteiger partial charge in [0.05, 0.1) is 0 Å². The third-order valence-corrected chi connectivity index (χ3v) is 2.51. The van der Waals surface area contributed by atoms with Crippen molar-refractivity contribution in [2.24, 2.45) is 0 Å². The third-order valence-electron chi connectivity index (χ3n) is 1.24. The molecule has 0 rings (SSSR count). The van der Waals surface area contributed by atoms with E-state index in [4.69, 9.17) is 5.11 Å². The molecule has 0 saturated carbocycles. The van der Waals surface area contributed by atoms with Gasteiger partial charge in [-0.05, 0) is 20.0 Å². The first-order valence-electron chi connectivity index (χ1n) is 3.81. The van der Waals surface area contributed by atoms with Crippen LogP contribution in [0.3, 0.4) is 0 Å². The molecule has 0 heterocycles. The van der Waals surface area contributed by atoms with Gasteiger partial charge in [0, 0.05) is 6.54 Å². The van der Waals surface area contributed by atoms with Gasteiger partial charge < -0.3 is 10.4 Å². The lowest BCUT2D eigenvalue weighted by Gasteiger charge is -2.03. The molecular weight excluding hydrogens is 196 g/mol. The topological polar surface area (TPSA) is 95.5 Å². The van der Waals surface area contributed by atoms with E-state index in [1.807, 2.05) is 0 Å². The summed E-state index contributed by atoms with van der Waals surface area (Å²) in [5.74, 6) is -2.21. The van der Waals surface area contributed by atoms with Crippen molar-refractivity contribution in [1.82, 2.24) is 10.0 Å². The van der Waals surface area contributed by atoms with Crippen LogP contribution in [0.5, 0.6) is 0 Å². The zero-order chi connectivity index (χ0) is 10.3. The molecular formula is C6H14N2O4S. The highest BCUT2D eigenvalue weighted by molar-refractivity contribution is 7.90. The molecule has 13 heavy (non-hydrogen) atoms. The fourth-order valence-corrected chi connectivity index (χ4v) is 1.59. The molecule has 7 heteroatoms. The molecule has 0 saturated heterocycles. The minimum absolute atomic E-state index is 0.260. The third kappa shape index (κ3) is 7.69. The maximum atomic E-state index is 10.9. The zero-order valence-corrected chi connectivity index (χ0v) is 8.23. The smallest absolute Gasteiger partial charge is 0.320 e. The molecule has 0 aromatic heterocycles. The molecule has 0 aliphatic heterocycles. The molecule has 78 valence electrons. The van der Waals surface area contributed by atoms with Crippen LogP contribution in [-0.2, 0) is 14.8 Å². The Bertz CT molecular complexity index is 249. The van der Waals surface area contributed by atoms with E-state index in [1.54, 1.807) is 7.05 Å². The molecule has 0 amide bonds. The fraction of sp³-hybridized carbons (Fsp3) is 0.833. The van der Waals surface area contributed by atoms with Crippen molar-refractivity contribution in [1.29, 1.82) is 0 Å². The molecule has 0 aliphatic carbocycles. The number of carbonyl (C=O) groups is 1. The molecule has 0 unspecified atom stereocenters. The van der Waals surface area contributed by atoms with Gasteiger partial charge in [0.15, 0.2) is 5.75 Å². The molecule has 3 N–H and O–H groups in total. The fourth-order valence-electron chi connectivity index (χ4n) is 0.706. The summed E-state index contributed by atoms with van der Waals surface area (Å²) in [6.45, 7) is 0.950. The van der Waals surface area contributed by atoms with Gasteiger partial charge in [-0.1, -0.05) is 0 Å². The summed E-state index contributed by atoms with van der Waals surface area (Å²) in [5, 5.41) is 11.1. The Balaban J connectivity index is 3.71. The standard InChI is InChI=1S/C6H14N2O4S/c1-7-3-2-4-8-13(11,12)5-6(9)10/h7-8H,2-5H2,1H3,(H,9,10). The lowest BCUT2D eigenvalue weighted by molar-refractivity contribution is -0.134. The number of rotatable bonds is 7. The van der Waals surface area contributed by atoms with E-state index >= 15 is 0 Å². The number of aliphatic carboxylic acids is 1. The highest BCUT2D eigenvalue weighted by Gasteiger charge is 2.13. The van der Waals surface area contributed by atoms with Crippen molar-refractivity contribution in [3.8, 4) is 0 Å². The molecule has 0 atom stereocenters. The van der Waals surface area contributed by atoms with Gasteiger partial charge in [-0.2, -0.15) is 0 Å². The number of carboxylic acid groups (broad SMARTS) is 1. The minimum Gasteiger partial charge on any atom is -0.480 e. The molecule has 0 aromatic rings. The predicted molar refractivity (Wildman–Crippen MR) is 48.0 cm³/mol. The molecule has 0 fully saturated rings. The van der Waals surface area contributed by atoms with Gasteiger partial charge in [0.25, 0.3) is 0 Å². The van der Waals surface area contributed by atoms with Gasteiger partial charge in [0.1, 0.15) is 0 Å². The summed E-state index contributed by atoms with van der Waals surface area (Å²) < 4.78 is 24.0. The second-order valence-electron chi connectivity index (χ2n) is 2.50. The van der Waals surface area contributed by atoms with E-state index in [0.29, 0.717) is 13.0 Å². The number of sulfonamides is 1. The van der Waals surface area contributed by atoms with Crippen LogP contribution in [0.15, 0.2) is 0 Å². The van der Waals surface area contributed by atoms with Crippen molar-refractivity contribution in [2.45, 2.75) is 6.42 Å². The van der Waals surface area contributed by atoms with Crippen molar-refractivity contribution in [3.63, 3.8) is 0 Å². The van der Waals surface area contributed by atoms with E-state index in [2.05, 4.69) is 10.0 Å². The number of nitrogens with one attached hydrogen (secondary N) is 2. The first kappa shape index (κ1) is 12.3. The van der Waals surface area contributed by atoms with Gasteiger partial charge in [-0.25, -0.2) is 13.1 Å². The highest BCUT2D eigenvalue weighted by atomic mass is 32.2. The van der Waals surface area contributed by atoms with E-state index < -0.39 is 21.7 Å². The van der Waals surface area contributed by atoms with Gasteiger partial charge in [-0.15, -0.1) is 0 Å². The molecule has 6 nitrogen and oxygen atoms in total. The largest absolute Gasteiger partial charge is 0.480 e. The number of hydrogen-bond donors (Lipinski definition) is 3. The van der Waals surface area contributed by atoms with E-state index in [-0.39, 0.29) is 6.54 Å². The van der Waals surface area contributed by atoms with Gasteiger partial charge >= 0.3 is 5.97 Å². The molecule has 0 aliphatic rings. The van der Waals surface area contributed by atoms with E-state index in [9.17, 15) is 13.2 Å². The van der Waals surface area contributed by atoms with Crippen LogP contribution >= 0.6 is 0 Å². The molecule has 0 spiro atoms. The average molecular weight is 210 g/mol. The summed E-state index contributed by atoms with van der Waals surface area (Å²) in [7, 11) is -1.88. The molecule has 0 bridgehead atoms. The maximum absolute atomic E-state index is 10.9. The van der Waals surface area contributed by atoms with Crippen molar-refractivity contribution < 1.29 is 18.3 Å². The SMILES string of the molecule is CNCCCNS(=O)(=O)CC(=O)O. The summed E-state index contributed by atoms with van der Waals surface area (Å²) in [5.41, 5.74) is 0. The summed E-state index contributed by atoms with van der Waals surface area (Å²) >= 11 is 0. The quantitative estimate of drug-likeness (QED) is 0.449. The lowest BCUT2D eigenvalue weighted by Crippen LogP contribution is -2.31. The Labute approximate surface area is 77.4 Å². The Morgan fingerprint density at radius 2 is 2.00 bits per heavy atom. The van der Waals surface area contributed by atoms with E-state index in [1.165, 1.54) is 0 Å². The Hall–Kier alpha value is -0.660. The first-order valence-corrected chi connectivity index (χ1v) is 5.47. The minimum atomic E-state index is -3.64. The van der Waals surface area contributed by atoms with Crippen LogP contribution in [-0.4, -0.2) is 45.4 Å². The highest BCUT2D eigenvalue weighted by Crippen LogP contribution is 1.84. The summed E-state index contributed by atoms with van der Waals surface area (Å²) in [6.07, 6.45) is 0.634. The Morgan fingerprint density at radius 3 is 2.46 bits per heavy atom. The second-order valence-corrected chi connectivity index (χ2v) is 4.31. The summed E-state index contributed by atoms with van der Waals surface area (Å²) in [4.78, 5) is 10.1.